The monoisotopic (exact) mass is 353 g/mol. The van der Waals surface area contributed by atoms with Crippen molar-refractivity contribution in [3.8, 4) is 5.75 Å². The average Bonchev–Trinajstić information content (AvgIpc) is 2.41. The number of phenols is 1. The Hall–Kier alpha value is -1.69. The molecule has 24 heavy (non-hydrogen) atoms. The van der Waals surface area contributed by atoms with E-state index in [2.05, 4.69) is 17.9 Å². The second kappa shape index (κ2) is 7.05. The summed E-state index contributed by atoms with van der Waals surface area (Å²) in [7, 11) is 0. The zero-order valence-corrected chi connectivity index (χ0v) is 16.0. The van der Waals surface area contributed by atoms with Gasteiger partial charge in [0.15, 0.2) is 0 Å². The van der Waals surface area contributed by atoms with Gasteiger partial charge in [-0.15, -0.1) is 0 Å². The van der Waals surface area contributed by atoms with Gasteiger partial charge in [-0.3, -0.25) is 4.79 Å². The Morgan fingerprint density at radius 1 is 1.08 bits per heavy atom. The van der Waals surface area contributed by atoms with Gasteiger partial charge in [-0.25, -0.2) is 4.79 Å². The van der Waals surface area contributed by atoms with Crippen LogP contribution in [-0.4, -0.2) is 33.9 Å². The number of carbonyl (C=O) groups excluding carboxylic acids is 1. The fourth-order valence-electron chi connectivity index (χ4n) is 2.34. The van der Waals surface area contributed by atoms with Crippen LogP contribution in [0.25, 0.3) is 0 Å². The van der Waals surface area contributed by atoms with Crippen molar-refractivity contribution >= 4 is 24.5 Å². The summed E-state index contributed by atoms with van der Waals surface area (Å²) in [6, 6.07) is 2.18. The topological polar surface area (TPSA) is 86.6 Å². The highest BCUT2D eigenvalue weighted by Gasteiger charge is 2.28. The van der Waals surface area contributed by atoms with Gasteiger partial charge in [0.1, 0.15) is 11.8 Å². The van der Waals surface area contributed by atoms with Crippen molar-refractivity contribution < 1.29 is 19.8 Å². The van der Waals surface area contributed by atoms with Crippen molar-refractivity contribution in [3.05, 3.63) is 28.8 Å². The van der Waals surface area contributed by atoms with E-state index < -0.39 is 17.9 Å². The number of aromatic hydroxyl groups is 1. The molecule has 1 atom stereocenters. The highest BCUT2D eigenvalue weighted by atomic mass is 32.1. The van der Waals surface area contributed by atoms with Crippen LogP contribution in [0.15, 0.2) is 12.1 Å². The molecular weight excluding hydrogens is 326 g/mol. The molecule has 0 bridgehead atoms. The number of nitrogens with one attached hydrogen (secondary N) is 1. The standard InChI is InChI=1S/C18H27NO4S/c1-17(2,3)11-7-10(8-12(14(11)20)18(4,5)6)15(21)19-13(9-24)16(22)23/h7-8,13,20,24H,9H2,1-6H3,(H,19,21)(H,22,23). The predicted molar refractivity (Wildman–Crippen MR) is 98.2 cm³/mol. The van der Waals surface area contributed by atoms with E-state index in [9.17, 15) is 14.7 Å². The summed E-state index contributed by atoms with van der Waals surface area (Å²) in [5.41, 5.74) is 0.901. The van der Waals surface area contributed by atoms with Gasteiger partial charge < -0.3 is 15.5 Å². The molecule has 3 N–H and O–H groups in total. The maximum absolute atomic E-state index is 12.5. The summed E-state index contributed by atoms with van der Waals surface area (Å²) in [5, 5.41) is 22.2. The molecule has 0 saturated carbocycles. The molecule has 1 aromatic rings. The van der Waals surface area contributed by atoms with Crippen molar-refractivity contribution in [1.29, 1.82) is 0 Å². The van der Waals surface area contributed by atoms with Gasteiger partial charge >= 0.3 is 5.97 Å². The Balaban J connectivity index is 3.44. The molecule has 0 aliphatic rings. The molecule has 6 heteroatoms. The van der Waals surface area contributed by atoms with Crippen LogP contribution >= 0.6 is 12.6 Å². The van der Waals surface area contributed by atoms with Gasteiger partial charge in [0, 0.05) is 22.4 Å². The number of phenolic OH excluding ortho intramolecular Hbond substituents is 1. The number of carboxylic acid groups (broad SMARTS) is 1. The third-order valence-electron chi connectivity index (χ3n) is 3.77. The number of hydrogen-bond acceptors (Lipinski definition) is 4. The second-order valence-electron chi connectivity index (χ2n) is 7.97. The molecule has 0 radical (unpaired) electrons. The van der Waals surface area contributed by atoms with Gasteiger partial charge in [0.05, 0.1) is 0 Å². The van der Waals surface area contributed by atoms with E-state index in [1.54, 1.807) is 12.1 Å². The quantitative estimate of drug-likeness (QED) is 0.627. The lowest BCUT2D eigenvalue weighted by Gasteiger charge is -2.28. The predicted octanol–water partition coefficient (Wildman–Crippen LogP) is 3.10. The average molecular weight is 353 g/mol. The molecule has 0 spiro atoms. The molecule has 0 heterocycles. The molecule has 0 aromatic heterocycles. The van der Waals surface area contributed by atoms with E-state index in [4.69, 9.17) is 5.11 Å². The van der Waals surface area contributed by atoms with Crippen LogP contribution in [0.1, 0.15) is 63.0 Å². The van der Waals surface area contributed by atoms with E-state index in [0.29, 0.717) is 16.7 Å². The lowest BCUT2D eigenvalue weighted by atomic mass is 9.78. The summed E-state index contributed by atoms with van der Waals surface area (Å²) in [6.45, 7) is 11.7. The summed E-state index contributed by atoms with van der Waals surface area (Å²) >= 11 is 3.96. The summed E-state index contributed by atoms with van der Waals surface area (Å²) in [6.07, 6.45) is 0. The zero-order chi connectivity index (χ0) is 18.9. The van der Waals surface area contributed by atoms with Gasteiger partial charge in [0.2, 0.25) is 0 Å². The van der Waals surface area contributed by atoms with E-state index in [1.807, 2.05) is 41.5 Å². The van der Waals surface area contributed by atoms with Gasteiger partial charge in [0.25, 0.3) is 5.91 Å². The van der Waals surface area contributed by atoms with Crippen molar-refractivity contribution in [2.75, 3.05) is 5.75 Å². The molecule has 0 aliphatic carbocycles. The summed E-state index contributed by atoms with van der Waals surface area (Å²) in [4.78, 5) is 23.6. The second-order valence-corrected chi connectivity index (χ2v) is 8.33. The van der Waals surface area contributed by atoms with Crippen LogP contribution in [0.4, 0.5) is 0 Å². The Kier molecular flexibility index (Phi) is 5.98. The number of rotatable bonds is 4. The Labute approximate surface area is 148 Å². The molecule has 0 aliphatic heterocycles. The van der Waals surface area contributed by atoms with Crippen molar-refractivity contribution in [3.63, 3.8) is 0 Å². The van der Waals surface area contributed by atoms with E-state index in [-0.39, 0.29) is 22.3 Å². The Morgan fingerprint density at radius 2 is 1.50 bits per heavy atom. The first-order valence-electron chi connectivity index (χ1n) is 7.81. The lowest BCUT2D eigenvalue weighted by Crippen LogP contribution is -2.42. The number of benzene rings is 1. The van der Waals surface area contributed by atoms with Crippen LogP contribution in [0.3, 0.4) is 0 Å². The third-order valence-corrected chi connectivity index (χ3v) is 4.14. The molecule has 1 aromatic carbocycles. The third kappa shape index (κ3) is 4.66. The molecule has 134 valence electrons. The first-order valence-corrected chi connectivity index (χ1v) is 8.44. The molecule has 5 nitrogen and oxygen atoms in total. The minimum absolute atomic E-state index is 0.00257. The van der Waals surface area contributed by atoms with Crippen LogP contribution in [0.2, 0.25) is 0 Å². The first kappa shape index (κ1) is 20.4. The first-order chi connectivity index (χ1) is 10.8. The van der Waals surface area contributed by atoms with Gasteiger partial charge in [-0.1, -0.05) is 41.5 Å². The van der Waals surface area contributed by atoms with Crippen LogP contribution in [0.5, 0.6) is 5.75 Å². The highest BCUT2D eigenvalue weighted by molar-refractivity contribution is 7.80. The van der Waals surface area contributed by atoms with Crippen LogP contribution in [-0.2, 0) is 15.6 Å². The Morgan fingerprint density at radius 3 is 1.79 bits per heavy atom. The minimum Gasteiger partial charge on any atom is -0.507 e. The van der Waals surface area contributed by atoms with Crippen molar-refractivity contribution in [2.45, 2.75) is 58.4 Å². The highest BCUT2D eigenvalue weighted by Crippen LogP contribution is 2.39. The normalized spacial score (nSPS) is 13.5. The summed E-state index contributed by atoms with van der Waals surface area (Å²) in [5.74, 6) is -1.45. The molecule has 0 fully saturated rings. The molecule has 1 unspecified atom stereocenters. The Bertz CT molecular complexity index is 606. The number of hydrogen-bond donors (Lipinski definition) is 4. The number of thiol groups is 1. The van der Waals surface area contributed by atoms with Crippen LogP contribution in [0, 0.1) is 0 Å². The van der Waals surface area contributed by atoms with Crippen LogP contribution < -0.4 is 5.32 Å². The molecule has 1 rings (SSSR count). The largest absolute Gasteiger partial charge is 0.507 e. The number of amides is 1. The zero-order valence-electron chi connectivity index (χ0n) is 15.1. The van der Waals surface area contributed by atoms with Crippen molar-refractivity contribution in [1.82, 2.24) is 5.32 Å². The van der Waals surface area contributed by atoms with E-state index in [0.717, 1.165) is 0 Å². The molecular formula is C18H27NO4S. The molecule has 1 amide bonds. The minimum atomic E-state index is -1.13. The fraction of sp³-hybridized carbons (Fsp3) is 0.556. The van der Waals surface area contributed by atoms with Crippen molar-refractivity contribution in [2.24, 2.45) is 0 Å². The maximum Gasteiger partial charge on any atom is 0.327 e. The fourth-order valence-corrected chi connectivity index (χ4v) is 2.58. The molecule has 0 saturated heterocycles. The number of carbonyl (C=O) groups is 2. The van der Waals surface area contributed by atoms with Gasteiger partial charge in [-0.05, 0) is 23.0 Å². The smallest absolute Gasteiger partial charge is 0.327 e. The number of carboxylic acids is 1. The van der Waals surface area contributed by atoms with E-state index in [1.165, 1.54) is 0 Å². The summed E-state index contributed by atoms with van der Waals surface area (Å²) < 4.78 is 0. The SMILES string of the molecule is CC(C)(C)c1cc(C(=O)NC(CS)C(=O)O)cc(C(C)(C)C)c1O. The van der Waals surface area contributed by atoms with Gasteiger partial charge in [-0.2, -0.15) is 12.6 Å². The lowest BCUT2D eigenvalue weighted by molar-refractivity contribution is -0.138. The van der Waals surface area contributed by atoms with E-state index >= 15 is 0 Å². The maximum atomic E-state index is 12.5. The number of aliphatic carboxylic acids is 1.